The zero-order chi connectivity index (χ0) is 16.0. The number of thiazole rings is 1. The molecule has 0 bridgehead atoms. The van der Waals surface area contributed by atoms with E-state index in [9.17, 15) is 10.1 Å². The lowest BCUT2D eigenvalue weighted by molar-refractivity contribution is -0.389. The fraction of sp³-hybridized carbons (Fsp3) is 0.312. The van der Waals surface area contributed by atoms with Gasteiger partial charge in [0.25, 0.3) is 4.96 Å². The van der Waals surface area contributed by atoms with E-state index >= 15 is 0 Å². The van der Waals surface area contributed by atoms with Crippen LogP contribution in [0.15, 0.2) is 35.8 Å². The second-order valence-corrected chi connectivity index (χ2v) is 6.71. The van der Waals surface area contributed by atoms with Gasteiger partial charge in [0.1, 0.15) is 6.20 Å². The number of nitro groups is 1. The molecular weight excluding hydrogens is 312 g/mol. The Morgan fingerprint density at radius 2 is 2.30 bits per heavy atom. The number of benzene rings is 1. The third kappa shape index (κ3) is 2.28. The summed E-state index contributed by atoms with van der Waals surface area (Å²) in [7, 11) is 0. The van der Waals surface area contributed by atoms with Crippen LogP contribution in [-0.2, 0) is 0 Å². The van der Waals surface area contributed by atoms with Crippen LogP contribution in [0.5, 0.6) is 0 Å². The molecular formula is C16H16N4O2S. The Balaban J connectivity index is 1.81. The van der Waals surface area contributed by atoms with Gasteiger partial charge in [-0.25, -0.2) is 0 Å². The Labute approximate surface area is 137 Å². The largest absolute Gasteiger partial charge is 0.373 e. The number of nitrogens with zero attached hydrogens (tertiary/aromatic N) is 4. The second kappa shape index (κ2) is 5.34. The molecule has 1 aliphatic heterocycles. The first-order valence-electron chi connectivity index (χ1n) is 7.58. The van der Waals surface area contributed by atoms with Crippen molar-refractivity contribution in [2.24, 2.45) is 0 Å². The lowest BCUT2D eigenvalue weighted by Crippen LogP contribution is -2.23. The summed E-state index contributed by atoms with van der Waals surface area (Å²) in [6.45, 7) is 2.86. The maximum Gasteiger partial charge on any atom is 0.373 e. The molecule has 6 nitrogen and oxygen atoms in total. The van der Waals surface area contributed by atoms with Gasteiger partial charge in [-0.3, -0.25) is 0 Å². The predicted molar refractivity (Wildman–Crippen MR) is 90.2 cm³/mol. The van der Waals surface area contributed by atoms with Crippen LogP contribution in [0.4, 0.5) is 11.6 Å². The summed E-state index contributed by atoms with van der Waals surface area (Å²) in [5.74, 6) is 0.562. The number of rotatable bonds is 3. The Kier molecular flexibility index (Phi) is 3.30. The zero-order valence-corrected chi connectivity index (χ0v) is 13.5. The van der Waals surface area contributed by atoms with Crippen molar-refractivity contribution < 1.29 is 4.92 Å². The average Bonchev–Trinajstić information content (AvgIpc) is 3.21. The van der Waals surface area contributed by atoms with Crippen molar-refractivity contribution in [2.75, 3.05) is 11.4 Å². The summed E-state index contributed by atoms with van der Waals surface area (Å²) in [5.41, 5.74) is 2.41. The Hall–Kier alpha value is -2.41. The standard InChI is InChI=1S/C16H16N4O2S/c1-11-4-2-5-12(10-11)13-6-3-7-18(13)14-15(20(21)22)19-8-9-23-16(19)17-14/h2,4-5,8-10,13H,3,6-7H2,1H3/t13-/m1/s1. The number of aromatic nitrogens is 2. The van der Waals surface area contributed by atoms with Crippen molar-refractivity contribution in [3.05, 3.63) is 57.1 Å². The van der Waals surface area contributed by atoms with E-state index in [1.54, 1.807) is 10.6 Å². The molecule has 23 heavy (non-hydrogen) atoms. The van der Waals surface area contributed by atoms with E-state index in [0.717, 1.165) is 19.4 Å². The fourth-order valence-electron chi connectivity index (χ4n) is 3.37. The average molecular weight is 328 g/mol. The highest BCUT2D eigenvalue weighted by Crippen LogP contribution is 2.40. The molecule has 118 valence electrons. The number of hydrogen-bond donors (Lipinski definition) is 0. The second-order valence-electron chi connectivity index (χ2n) is 5.84. The van der Waals surface area contributed by atoms with Gasteiger partial charge in [-0.15, -0.1) is 0 Å². The number of anilines is 1. The Morgan fingerprint density at radius 1 is 1.43 bits per heavy atom. The van der Waals surface area contributed by atoms with Crippen LogP contribution in [0.2, 0.25) is 0 Å². The van der Waals surface area contributed by atoms with Crippen LogP contribution in [0.25, 0.3) is 4.96 Å². The monoisotopic (exact) mass is 328 g/mol. The lowest BCUT2D eigenvalue weighted by Gasteiger charge is -2.24. The van der Waals surface area contributed by atoms with Gasteiger partial charge in [-0.05, 0) is 30.3 Å². The highest BCUT2D eigenvalue weighted by Gasteiger charge is 2.35. The van der Waals surface area contributed by atoms with E-state index in [1.807, 2.05) is 11.4 Å². The molecule has 1 aromatic carbocycles. The van der Waals surface area contributed by atoms with Crippen LogP contribution in [0.3, 0.4) is 0 Å². The molecule has 0 N–H and O–H groups in total. The van der Waals surface area contributed by atoms with E-state index in [0.29, 0.717) is 10.8 Å². The molecule has 3 heterocycles. The molecule has 0 aliphatic carbocycles. The molecule has 0 saturated carbocycles. The number of fused-ring (bicyclic) bond motifs is 1. The summed E-state index contributed by atoms with van der Waals surface area (Å²) < 4.78 is 1.58. The molecule has 2 aromatic heterocycles. The highest BCUT2D eigenvalue weighted by atomic mass is 32.1. The van der Waals surface area contributed by atoms with E-state index in [-0.39, 0.29) is 16.8 Å². The normalized spacial score (nSPS) is 18.0. The van der Waals surface area contributed by atoms with Gasteiger partial charge in [0.15, 0.2) is 0 Å². The first kappa shape index (κ1) is 14.2. The lowest BCUT2D eigenvalue weighted by atomic mass is 10.0. The summed E-state index contributed by atoms with van der Waals surface area (Å²) in [4.78, 5) is 18.5. The van der Waals surface area contributed by atoms with E-state index in [4.69, 9.17) is 0 Å². The molecule has 4 rings (SSSR count). The Morgan fingerprint density at radius 3 is 3.09 bits per heavy atom. The van der Waals surface area contributed by atoms with Crippen LogP contribution >= 0.6 is 11.3 Å². The topological polar surface area (TPSA) is 63.7 Å². The first-order chi connectivity index (χ1) is 11.1. The molecule has 3 aromatic rings. The summed E-state index contributed by atoms with van der Waals surface area (Å²) >= 11 is 1.42. The van der Waals surface area contributed by atoms with Gasteiger partial charge in [-0.2, -0.15) is 9.38 Å². The third-order valence-corrected chi connectivity index (χ3v) is 5.10. The number of hydrogen-bond acceptors (Lipinski definition) is 5. The molecule has 0 unspecified atom stereocenters. The van der Waals surface area contributed by atoms with E-state index < -0.39 is 0 Å². The number of imidazole rings is 1. The van der Waals surface area contributed by atoms with Gasteiger partial charge in [-0.1, -0.05) is 41.2 Å². The Bertz CT molecular complexity index is 885. The minimum Gasteiger partial charge on any atom is -0.358 e. The summed E-state index contributed by atoms with van der Waals surface area (Å²) in [5, 5.41) is 13.4. The van der Waals surface area contributed by atoms with Crippen LogP contribution in [0.1, 0.15) is 30.0 Å². The molecule has 1 fully saturated rings. The summed E-state index contributed by atoms with van der Waals surface area (Å²) in [6.07, 6.45) is 3.72. The van der Waals surface area contributed by atoms with Crippen molar-refractivity contribution in [3.63, 3.8) is 0 Å². The van der Waals surface area contributed by atoms with Gasteiger partial charge in [0.05, 0.1) is 6.04 Å². The quantitative estimate of drug-likeness (QED) is 0.539. The summed E-state index contributed by atoms with van der Waals surface area (Å²) in [6, 6.07) is 8.52. The maximum absolute atomic E-state index is 11.6. The van der Waals surface area contributed by atoms with Crippen molar-refractivity contribution in [1.82, 2.24) is 9.38 Å². The minimum absolute atomic E-state index is 0.0702. The van der Waals surface area contributed by atoms with Gasteiger partial charge in [0.2, 0.25) is 5.82 Å². The molecule has 1 saturated heterocycles. The van der Waals surface area contributed by atoms with Crippen molar-refractivity contribution in [2.45, 2.75) is 25.8 Å². The molecule has 0 radical (unpaired) electrons. The van der Waals surface area contributed by atoms with Crippen molar-refractivity contribution in [1.29, 1.82) is 0 Å². The van der Waals surface area contributed by atoms with Crippen LogP contribution < -0.4 is 4.90 Å². The molecule has 1 atom stereocenters. The molecule has 1 aliphatic rings. The number of aryl methyl sites for hydroxylation is 1. The first-order valence-corrected chi connectivity index (χ1v) is 8.46. The SMILES string of the molecule is Cc1cccc([C@H]2CCCN2c2nc3sccn3c2[N+](=O)[O-])c1. The third-order valence-electron chi connectivity index (χ3n) is 4.34. The highest BCUT2D eigenvalue weighted by molar-refractivity contribution is 7.15. The predicted octanol–water partition coefficient (Wildman–Crippen LogP) is 3.95. The van der Waals surface area contributed by atoms with Crippen molar-refractivity contribution in [3.8, 4) is 0 Å². The van der Waals surface area contributed by atoms with Crippen LogP contribution in [0, 0.1) is 17.0 Å². The molecule has 0 spiro atoms. The van der Waals surface area contributed by atoms with Gasteiger partial charge >= 0.3 is 5.82 Å². The minimum atomic E-state index is -0.326. The molecule has 7 heteroatoms. The van der Waals surface area contributed by atoms with Crippen LogP contribution in [-0.4, -0.2) is 20.9 Å². The fourth-order valence-corrected chi connectivity index (χ4v) is 4.07. The smallest absolute Gasteiger partial charge is 0.358 e. The van der Waals surface area contributed by atoms with E-state index in [2.05, 4.69) is 35.0 Å². The maximum atomic E-state index is 11.6. The van der Waals surface area contributed by atoms with Gasteiger partial charge in [0, 0.05) is 11.9 Å². The van der Waals surface area contributed by atoms with Crippen molar-refractivity contribution >= 4 is 27.9 Å². The molecule has 0 amide bonds. The zero-order valence-electron chi connectivity index (χ0n) is 12.7. The van der Waals surface area contributed by atoms with E-state index in [1.165, 1.54) is 22.5 Å². The van der Waals surface area contributed by atoms with Gasteiger partial charge < -0.3 is 15.0 Å².